The number of benzene rings is 2. The van der Waals surface area contributed by atoms with E-state index in [-0.39, 0.29) is 11.1 Å². The number of alkyl halides is 3. The van der Waals surface area contributed by atoms with Gasteiger partial charge in [0.15, 0.2) is 0 Å². The first-order valence-corrected chi connectivity index (χ1v) is 5.90. The third-order valence-electron chi connectivity index (χ3n) is 2.93. The standard InChI is InChI=1S/C14H11F5N2/c15-11-5-9(6-12(16)7-11)13(21-20)8-2-1-3-10(4-8)14(17,18)19/h1-7,13,21H,20H2. The Labute approximate surface area is 117 Å². The highest BCUT2D eigenvalue weighted by Gasteiger charge is 2.31. The lowest BCUT2D eigenvalue weighted by atomic mass is 9.97. The van der Waals surface area contributed by atoms with Gasteiger partial charge in [-0.15, -0.1) is 0 Å². The van der Waals surface area contributed by atoms with Crippen LogP contribution in [0.4, 0.5) is 22.0 Å². The molecule has 0 saturated heterocycles. The molecule has 2 rings (SSSR count). The topological polar surface area (TPSA) is 38.0 Å². The van der Waals surface area contributed by atoms with E-state index in [1.165, 1.54) is 12.1 Å². The van der Waals surface area contributed by atoms with Crippen LogP contribution in [0.2, 0.25) is 0 Å². The highest BCUT2D eigenvalue weighted by molar-refractivity contribution is 5.35. The number of nitrogens with two attached hydrogens (primary N) is 1. The second-order valence-electron chi connectivity index (χ2n) is 4.43. The van der Waals surface area contributed by atoms with Crippen molar-refractivity contribution in [1.82, 2.24) is 5.43 Å². The highest BCUT2D eigenvalue weighted by atomic mass is 19.4. The van der Waals surface area contributed by atoms with Gasteiger partial charge in [0.25, 0.3) is 0 Å². The molecule has 21 heavy (non-hydrogen) atoms. The molecule has 0 aliphatic rings. The summed E-state index contributed by atoms with van der Waals surface area (Å²) in [6, 6.07) is 6.11. The quantitative estimate of drug-likeness (QED) is 0.517. The van der Waals surface area contributed by atoms with Crippen molar-refractivity contribution in [3.05, 3.63) is 70.8 Å². The van der Waals surface area contributed by atoms with Gasteiger partial charge < -0.3 is 0 Å². The summed E-state index contributed by atoms with van der Waals surface area (Å²) in [4.78, 5) is 0. The number of rotatable bonds is 3. The van der Waals surface area contributed by atoms with Crippen LogP contribution in [0, 0.1) is 11.6 Å². The molecular formula is C14H11F5N2. The third kappa shape index (κ3) is 3.56. The fourth-order valence-electron chi connectivity index (χ4n) is 2.02. The maximum absolute atomic E-state index is 13.2. The molecule has 0 aromatic heterocycles. The first kappa shape index (κ1) is 15.4. The summed E-state index contributed by atoms with van der Waals surface area (Å²) in [5, 5.41) is 0. The van der Waals surface area contributed by atoms with Crippen molar-refractivity contribution in [3.8, 4) is 0 Å². The van der Waals surface area contributed by atoms with E-state index in [0.29, 0.717) is 6.07 Å². The SMILES string of the molecule is NNC(c1cc(F)cc(F)c1)c1cccc(C(F)(F)F)c1. The van der Waals surface area contributed by atoms with Crippen molar-refractivity contribution in [2.75, 3.05) is 0 Å². The van der Waals surface area contributed by atoms with E-state index in [9.17, 15) is 22.0 Å². The summed E-state index contributed by atoms with van der Waals surface area (Å²) < 4.78 is 64.5. The zero-order valence-electron chi connectivity index (χ0n) is 10.6. The fraction of sp³-hybridized carbons (Fsp3) is 0.143. The molecule has 0 heterocycles. The van der Waals surface area contributed by atoms with Gasteiger partial charge in [0.1, 0.15) is 11.6 Å². The lowest BCUT2D eigenvalue weighted by Crippen LogP contribution is -2.29. The molecule has 1 atom stereocenters. The molecule has 1 unspecified atom stereocenters. The molecule has 3 N–H and O–H groups in total. The van der Waals surface area contributed by atoms with Gasteiger partial charge in [0.2, 0.25) is 0 Å². The maximum Gasteiger partial charge on any atom is 0.416 e. The molecule has 2 aromatic rings. The van der Waals surface area contributed by atoms with Crippen molar-refractivity contribution in [3.63, 3.8) is 0 Å². The van der Waals surface area contributed by atoms with E-state index >= 15 is 0 Å². The zero-order valence-corrected chi connectivity index (χ0v) is 10.6. The minimum absolute atomic E-state index is 0.0920. The molecule has 2 aromatic carbocycles. The van der Waals surface area contributed by atoms with Crippen LogP contribution < -0.4 is 11.3 Å². The predicted molar refractivity (Wildman–Crippen MR) is 67.0 cm³/mol. The first-order valence-electron chi connectivity index (χ1n) is 5.90. The largest absolute Gasteiger partial charge is 0.416 e. The summed E-state index contributed by atoms with van der Waals surface area (Å²) in [5.74, 6) is 3.65. The number of hydrogen-bond acceptors (Lipinski definition) is 2. The molecule has 0 saturated carbocycles. The van der Waals surface area contributed by atoms with E-state index in [2.05, 4.69) is 5.43 Å². The van der Waals surface area contributed by atoms with Gasteiger partial charge in [0, 0.05) is 6.07 Å². The smallest absolute Gasteiger partial charge is 0.271 e. The molecule has 112 valence electrons. The molecular weight excluding hydrogens is 291 g/mol. The lowest BCUT2D eigenvalue weighted by Gasteiger charge is -2.18. The van der Waals surface area contributed by atoms with Crippen molar-refractivity contribution >= 4 is 0 Å². The van der Waals surface area contributed by atoms with Crippen LogP contribution in [0.3, 0.4) is 0 Å². The van der Waals surface area contributed by atoms with E-state index in [0.717, 1.165) is 24.3 Å². The van der Waals surface area contributed by atoms with Gasteiger partial charge >= 0.3 is 6.18 Å². The Kier molecular flexibility index (Phi) is 4.24. The minimum atomic E-state index is -4.51. The first-order chi connectivity index (χ1) is 9.81. The number of hydrogen-bond donors (Lipinski definition) is 2. The number of nitrogens with one attached hydrogen (secondary N) is 1. The molecule has 0 aliphatic carbocycles. The van der Waals surface area contributed by atoms with Gasteiger partial charge in [-0.1, -0.05) is 12.1 Å². The van der Waals surface area contributed by atoms with Crippen LogP contribution in [0.25, 0.3) is 0 Å². The van der Waals surface area contributed by atoms with E-state index in [4.69, 9.17) is 5.84 Å². The van der Waals surface area contributed by atoms with E-state index in [1.807, 2.05) is 0 Å². The highest BCUT2D eigenvalue weighted by Crippen LogP contribution is 2.32. The molecule has 0 amide bonds. The van der Waals surface area contributed by atoms with Crippen molar-refractivity contribution < 1.29 is 22.0 Å². The van der Waals surface area contributed by atoms with Crippen LogP contribution in [0.5, 0.6) is 0 Å². The Morgan fingerprint density at radius 3 is 2.05 bits per heavy atom. The Morgan fingerprint density at radius 2 is 1.52 bits per heavy atom. The van der Waals surface area contributed by atoms with Gasteiger partial charge in [0.05, 0.1) is 11.6 Å². The normalized spacial score (nSPS) is 13.2. The summed E-state index contributed by atoms with van der Waals surface area (Å²) in [7, 11) is 0. The minimum Gasteiger partial charge on any atom is -0.271 e. The molecule has 0 radical (unpaired) electrons. The van der Waals surface area contributed by atoms with Gasteiger partial charge in [-0.2, -0.15) is 13.2 Å². The molecule has 0 spiro atoms. The van der Waals surface area contributed by atoms with E-state index < -0.39 is 29.4 Å². The Hall–Kier alpha value is -1.99. The maximum atomic E-state index is 13.2. The average molecular weight is 302 g/mol. The van der Waals surface area contributed by atoms with E-state index in [1.54, 1.807) is 0 Å². The fourth-order valence-corrected chi connectivity index (χ4v) is 2.02. The summed E-state index contributed by atoms with van der Waals surface area (Å²) >= 11 is 0. The molecule has 0 aliphatic heterocycles. The summed E-state index contributed by atoms with van der Waals surface area (Å²) in [6.07, 6.45) is -4.51. The lowest BCUT2D eigenvalue weighted by molar-refractivity contribution is -0.137. The van der Waals surface area contributed by atoms with Gasteiger partial charge in [-0.25, -0.2) is 14.2 Å². The molecule has 0 fully saturated rings. The second-order valence-corrected chi connectivity index (χ2v) is 4.43. The Bertz CT molecular complexity index is 619. The van der Waals surface area contributed by atoms with Crippen LogP contribution in [-0.4, -0.2) is 0 Å². The average Bonchev–Trinajstić information content (AvgIpc) is 2.38. The summed E-state index contributed by atoms with van der Waals surface area (Å²) in [6.45, 7) is 0. The van der Waals surface area contributed by atoms with Crippen LogP contribution in [-0.2, 0) is 6.18 Å². The van der Waals surface area contributed by atoms with Gasteiger partial charge in [-0.3, -0.25) is 5.84 Å². The second kappa shape index (κ2) is 5.79. The zero-order chi connectivity index (χ0) is 15.6. The van der Waals surface area contributed by atoms with Crippen LogP contribution in [0.1, 0.15) is 22.7 Å². The summed E-state index contributed by atoms with van der Waals surface area (Å²) in [5.41, 5.74) is 1.65. The van der Waals surface area contributed by atoms with Gasteiger partial charge in [-0.05, 0) is 35.4 Å². The number of halogens is 5. The number of hydrazine groups is 1. The molecule has 2 nitrogen and oxygen atoms in total. The van der Waals surface area contributed by atoms with Crippen LogP contribution >= 0.6 is 0 Å². The monoisotopic (exact) mass is 302 g/mol. The molecule has 7 heteroatoms. The predicted octanol–water partition coefficient (Wildman–Crippen LogP) is 3.54. The van der Waals surface area contributed by atoms with Crippen LogP contribution in [0.15, 0.2) is 42.5 Å². The third-order valence-corrected chi connectivity index (χ3v) is 2.93. The Balaban J connectivity index is 2.46. The van der Waals surface area contributed by atoms with Crippen molar-refractivity contribution in [2.24, 2.45) is 5.84 Å². The van der Waals surface area contributed by atoms with Crippen molar-refractivity contribution in [1.29, 1.82) is 0 Å². The molecule has 0 bridgehead atoms. The Morgan fingerprint density at radius 1 is 0.905 bits per heavy atom. The van der Waals surface area contributed by atoms with Crippen molar-refractivity contribution in [2.45, 2.75) is 12.2 Å².